The summed E-state index contributed by atoms with van der Waals surface area (Å²) in [5.41, 5.74) is 3.53. The highest BCUT2D eigenvalue weighted by atomic mass is 16.5. The minimum Gasteiger partial charge on any atom is -0.381 e. The van der Waals surface area contributed by atoms with E-state index in [1.54, 1.807) is 6.33 Å². The lowest BCUT2D eigenvalue weighted by atomic mass is 9.99. The first-order chi connectivity index (χ1) is 12.4. The quantitative estimate of drug-likeness (QED) is 0.694. The standard InChI is InChI=1S/C19H23N5O/c1-2-23-14-21-22-17(23)8-10-24-13-20-18(15-6-4-3-5-7-15)19(24)16-9-11-25-12-16/h3-7,13-14,16H,2,8-12H2,1H3/t16-/m0/s1. The van der Waals surface area contributed by atoms with Crippen LogP contribution in [0.2, 0.25) is 0 Å². The summed E-state index contributed by atoms with van der Waals surface area (Å²) in [5, 5.41) is 8.27. The van der Waals surface area contributed by atoms with Gasteiger partial charge in [-0.1, -0.05) is 30.3 Å². The Morgan fingerprint density at radius 2 is 2.04 bits per heavy atom. The summed E-state index contributed by atoms with van der Waals surface area (Å²) in [6.07, 6.45) is 5.66. The molecule has 1 atom stereocenters. The van der Waals surface area contributed by atoms with Crippen LogP contribution in [0.3, 0.4) is 0 Å². The van der Waals surface area contributed by atoms with E-state index >= 15 is 0 Å². The minimum absolute atomic E-state index is 0.404. The number of nitrogens with zero attached hydrogens (tertiary/aromatic N) is 5. The molecule has 0 saturated carbocycles. The summed E-state index contributed by atoms with van der Waals surface area (Å²) in [5.74, 6) is 1.42. The van der Waals surface area contributed by atoms with Gasteiger partial charge in [0.15, 0.2) is 0 Å². The molecule has 25 heavy (non-hydrogen) atoms. The third-order valence-corrected chi connectivity index (χ3v) is 4.85. The molecule has 1 aromatic carbocycles. The number of hydrogen-bond donors (Lipinski definition) is 0. The van der Waals surface area contributed by atoms with Crippen LogP contribution in [-0.4, -0.2) is 37.5 Å². The summed E-state index contributed by atoms with van der Waals surface area (Å²) >= 11 is 0. The Hall–Kier alpha value is -2.47. The molecule has 6 heteroatoms. The van der Waals surface area contributed by atoms with Crippen molar-refractivity contribution in [2.24, 2.45) is 0 Å². The molecular formula is C19H23N5O. The fourth-order valence-electron chi connectivity index (χ4n) is 3.52. The first-order valence-electron chi connectivity index (χ1n) is 8.91. The Morgan fingerprint density at radius 1 is 1.16 bits per heavy atom. The SMILES string of the molecule is CCn1cnnc1CCn1cnc(-c2ccccc2)c1[C@H]1CCOC1. The van der Waals surface area contributed by atoms with Gasteiger partial charge in [-0.15, -0.1) is 10.2 Å². The van der Waals surface area contributed by atoms with Crippen molar-refractivity contribution < 1.29 is 4.74 Å². The van der Waals surface area contributed by atoms with Gasteiger partial charge in [-0.3, -0.25) is 0 Å². The molecule has 1 saturated heterocycles. The van der Waals surface area contributed by atoms with E-state index in [1.807, 2.05) is 12.4 Å². The molecule has 0 unspecified atom stereocenters. The first kappa shape index (κ1) is 16.0. The largest absolute Gasteiger partial charge is 0.381 e. The number of hydrogen-bond acceptors (Lipinski definition) is 4. The fraction of sp³-hybridized carbons (Fsp3) is 0.421. The average molecular weight is 337 g/mol. The van der Waals surface area contributed by atoms with Crippen LogP contribution in [0.4, 0.5) is 0 Å². The van der Waals surface area contributed by atoms with Crippen molar-refractivity contribution in [2.45, 2.75) is 38.8 Å². The summed E-state index contributed by atoms with van der Waals surface area (Å²) < 4.78 is 10.0. The number of aryl methyl sites for hydroxylation is 3. The highest BCUT2D eigenvalue weighted by molar-refractivity contribution is 5.62. The van der Waals surface area contributed by atoms with Crippen molar-refractivity contribution in [2.75, 3.05) is 13.2 Å². The second kappa shape index (κ2) is 7.19. The zero-order valence-corrected chi connectivity index (χ0v) is 14.5. The van der Waals surface area contributed by atoms with Crippen LogP contribution in [0, 0.1) is 0 Å². The van der Waals surface area contributed by atoms with E-state index in [2.05, 4.69) is 50.5 Å². The lowest BCUT2D eigenvalue weighted by Gasteiger charge is -2.15. The molecule has 0 aliphatic carbocycles. The number of aromatic nitrogens is 5. The van der Waals surface area contributed by atoms with Crippen molar-refractivity contribution in [3.05, 3.63) is 54.5 Å². The van der Waals surface area contributed by atoms with Crippen molar-refractivity contribution in [1.82, 2.24) is 24.3 Å². The Labute approximate surface area is 147 Å². The van der Waals surface area contributed by atoms with Crippen molar-refractivity contribution >= 4 is 0 Å². The van der Waals surface area contributed by atoms with E-state index in [-0.39, 0.29) is 0 Å². The van der Waals surface area contributed by atoms with Gasteiger partial charge in [0.2, 0.25) is 0 Å². The predicted molar refractivity (Wildman–Crippen MR) is 95.2 cm³/mol. The molecule has 1 aliphatic heterocycles. The van der Waals surface area contributed by atoms with E-state index in [0.29, 0.717) is 5.92 Å². The van der Waals surface area contributed by atoms with Gasteiger partial charge in [0, 0.05) is 37.6 Å². The van der Waals surface area contributed by atoms with Gasteiger partial charge in [0.1, 0.15) is 12.2 Å². The normalized spacial score (nSPS) is 17.2. The number of benzene rings is 1. The molecule has 0 spiro atoms. The zero-order valence-electron chi connectivity index (χ0n) is 14.5. The Bertz CT molecular complexity index is 817. The highest BCUT2D eigenvalue weighted by Crippen LogP contribution is 2.33. The van der Waals surface area contributed by atoms with E-state index in [1.165, 1.54) is 11.3 Å². The molecule has 4 rings (SSSR count). The number of imidazole rings is 1. The average Bonchev–Trinajstić information content (AvgIpc) is 3.39. The molecule has 3 aromatic rings. The second-order valence-electron chi connectivity index (χ2n) is 6.38. The van der Waals surface area contributed by atoms with E-state index < -0.39 is 0 Å². The van der Waals surface area contributed by atoms with Crippen LogP contribution >= 0.6 is 0 Å². The highest BCUT2D eigenvalue weighted by Gasteiger charge is 2.26. The van der Waals surface area contributed by atoms with Crippen molar-refractivity contribution in [3.8, 4) is 11.3 Å². The van der Waals surface area contributed by atoms with Crippen molar-refractivity contribution in [3.63, 3.8) is 0 Å². The maximum absolute atomic E-state index is 5.65. The topological polar surface area (TPSA) is 57.8 Å². The fourth-order valence-corrected chi connectivity index (χ4v) is 3.52. The van der Waals surface area contributed by atoms with Crippen LogP contribution in [0.5, 0.6) is 0 Å². The van der Waals surface area contributed by atoms with Crippen molar-refractivity contribution in [1.29, 1.82) is 0 Å². The molecule has 3 heterocycles. The molecule has 0 radical (unpaired) electrons. The van der Waals surface area contributed by atoms with E-state index in [4.69, 9.17) is 9.72 Å². The predicted octanol–water partition coefficient (Wildman–Crippen LogP) is 2.91. The monoisotopic (exact) mass is 337 g/mol. The molecule has 0 bridgehead atoms. The summed E-state index contributed by atoms with van der Waals surface area (Å²) in [7, 11) is 0. The summed E-state index contributed by atoms with van der Waals surface area (Å²) in [4.78, 5) is 4.74. The lowest BCUT2D eigenvalue weighted by molar-refractivity contribution is 0.193. The van der Waals surface area contributed by atoms with Crippen LogP contribution in [-0.2, 0) is 24.2 Å². The van der Waals surface area contributed by atoms with Gasteiger partial charge >= 0.3 is 0 Å². The molecule has 130 valence electrons. The van der Waals surface area contributed by atoms with E-state index in [9.17, 15) is 0 Å². The van der Waals surface area contributed by atoms with Crippen LogP contribution in [0.15, 0.2) is 43.0 Å². The van der Waals surface area contributed by atoms with Gasteiger partial charge < -0.3 is 13.9 Å². The molecular weight excluding hydrogens is 314 g/mol. The van der Waals surface area contributed by atoms with Gasteiger partial charge in [0.25, 0.3) is 0 Å². The Morgan fingerprint density at radius 3 is 2.80 bits per heavy atom. The smallest absolute Gasteiger partial charge is 0.134 e. The van der Waals surface area contributed by atoms with Gasteiger partial charge in [-0.2, -0.15) is 0 Å². The lowest BCUT2D eigenvalue weighted by Crippen LogP contribution is -2.12. The molecule has 0 N–H and O–H groups in total. The number of rotatable bonds is 6. The van der Waals surface area contributed by atoms with Crippen LogP contribution in [0.1, 0.15) is 30.8 Å². The Kier molecular flexibility index (Phi) is 4.61. The molecule has 1 aliphatic rings. The maximum Gasteiger partial charge on any atom is 0.134 e. The number of ether oxygens (including phenoxy) is 1. The van der Waals surface area contributed by atoms with E-state index in [0.717, 1.165) is 50.7 Å². The van der Waals surface area contributed by atoms with Gasteiger partial charge in [0.05, 0.1) is 24.3 Å². The molecule has 6 nitrogen and oxygen atoms in total. The maximum atomic E-state index is 5.65. The minimum atomic E-state index is 0.404. The first-order valence-corrected chi connectivity index (χ1v) is 8.91. The second-order valence-corrected chi connectivity index (χ2v) is 6.38. The third kappa shape index (κ3) is 3.22. The molecule has 2 aromatic heterocycles. The third-order valence-electron chi connectivity index (χ3n) is 4.85. The van der Waals surface area contributed by atoms with Gasteiger partial charge in [-0.25, -0.2) is 4.98 Å². The summed E-state index contributed by atoms with van der Waals surface area (Å²) in [6, 6.07) is 10.4. The van der Waals surface area contributed by atoms with Crippen LogP contribution < -0.4 is 0 Å². The Balaban J connectivity index is 1.64. The molecule has 0 amide bonds. The van der Waals surface area contributed by atoms with Crippen LogP contribution in [0.25, 0.3) is 11.3 Å². The summed E-state index contributed by atoms with van der Waals surface area (Å²) in [6.45, 7) is 5.46. The van der Waals surface area contributed by atoms with Gasteiger partial charge in [-0.05, 0) is 13.3 Å². The zero-order chi connectivity index (χ0) is 17.1. The molecule has 1 fully saturated rings.